The van der Waals surface area contributed by atoms with Crippen molar-refractivity contribution in [3.8, 4) is 0 Å². The molecule has 0 saturated carbocycles. The number of hydrogen-bond donors (Lipinski definition) is 2. The van der Waals surface area contributed by atoms with Crippen molar-refractivity contribution in [1.82, 2.24) is 14.8 Å². The quantitative estimate of drug-likeness (QED) is 0.737. The number of rotatable bonds is 3. The fourth-order valence-corrected chi connectivity index (χ4v) is 3.01. The van der Waals surface area contributed by atoms with E-state index in [0.717, 1.165) is 16.8 Å². The Labute approximate surface area is 155 Å². The molecule has 6 nitrogen and oxygen atoms in total. The molecule has 3 aromatic rings. The first-order chi connectivity index (χ1) is 12.6. The van der Waals surface area contributed by atoms with E-state index in [1.807, 2.05) is 54.6 Å². The van der Waals surface area contributed by atoms with Crippen LogP contribution in [-0.4, -0.2) is 20.7 Å². The number of anilines is 2. The van der Waals surface area contributed by atoms with Gasteiger partial charge in [-0.1, -0.05) is 54.1 Å². The lowest BCUT2D eigenvalue weighted by atomic mass is 10.0. The normalized spacial score (nSPS) is 15.6. The zero-order valence-electron chi connectivity index (χ0n) is 14.0. The zero-order valence-corrected chi connectivity index (χ0v) is 14.7. The van der Waals surface area contributed by atoms with Crippen LogP contribution < -0.4 is 10.6 Å². The van der Waals surface area contributed by atoms with Gasteiger partial charge >= 0.3 is 0 Å². The Kier molecular flexibility index (Phi) is 4.18. The molecule has 130 valence electrons. The van der Waals surface area contributed by atoms with Gasteiger partial charge in [0.2, 0.25) is 11.9 Å². The molecule has 2 heterocycles. The number of aromatic nitrogens is 3. The van der Waals surface area contributed by atoms with Crippen molar-refractivity contribution in [3.05, 3.63) is 76.8 Å². The summed E-state index contributed by atoms with van der Waals surface area (Å²) in [6, 6.07) is 17.4. The van der Waals surface area contributed by atoms with Crippen molar-refractivity contribution in [2.24, 2.45) is 0 Å². The summed E-state index contributed by atoms with van der Waals surface area (Å²) in [4.78, 5) is 15.8. The van der Waals surface area contributed by atoms with Crippen molar-refractivity contribution in [3.63, 3.8) is 0 Å². The second-order valence-electron chi connectivity index (χ2n) is 5.95. The maximum atomic E-state index is 11.4. The molecule has 0 aliphatic carbocycles. The van der Waals surface area contributed by atoms with Crippen molar-refractivity contribution >= 4 is 35.1 Å². The number of amides is 1. The number of hydrogen-bond acceptors (Lipinski definition) is 4. The van der Waals surface area contributed by atoms with E-state index in [2.05, 4.69) is 26.8 Å². The highest BCUT2D eigenvalue weighted by molar-refractivity contribution is 6.30. The Morgan fingerprint density at radius 1 is 1.15 bits per heavy atom. The number of carbonyl (C=O) groups excluding carboxylic acids is 1. The predicted molar refractivity (Wildman–Crippen MR) is 102 cm³/mol. The fraction of sp³-hybridized carbons (Fsp3) is 0.105. The van der Waals surface area contributed by atoms with E-state index in [9.17, 15) is 4.79 Å². The summed E-state index contributed by atoms with van der Waals surface area (Å²) >= 11 is 6.03. The Hall–Kier alpha value is -3.12. The second kappa shape index (κ2) is 6.65. The molecule has 1 amide bonds. The lowest BCUT2D eigenvalue weighted by Crippen LogP contribution is -2.20. The molecule has 7 heteroatoms. The molecule has 0 fully saturated rings. The molecule has 0 bridgehead atoms. The minimum atomic E-state index is -0.216. The fourth-order valence-electron chi connectivity index (χ4n) is 2.89. The molecule has 0 radical (unpaired) electrons. The number of halogens is 1. The van der Waals surface area contributed by atoms with Crippen LogP contribution in [-0.2, 0) is 4.79 Å². The highest BCUT2D eigenvalue weighted by atomic mass is 35.5. The standard InChI is InChI=1S/C19H16ClN5O/c1-12(26)21-18-23-19-22-16(13-5-3-2-4-6-13)11-17(25(19)24-18)14-7-9-15(20)10-8-14/h2-11,17H,1H3,(H2,21,22,23,24,26)/t17-/m1/s1. The van der Waals surface area contributed by atoms with E-state index in [1.165, 1.54) is 6.92 Å². The van der Waals surface area contributed by atoms with Crippen LogP contribution >= 0.6 is 11.6 Å². The van der Waals surface area contributed by atoms with Crippen LogP contribution in [0.3, 0.4) is 0 Å². The van der Waals surface area contributed by atoms with Gasteiger partial charge in [0.1, 0.15) is 6.04 Å². The molecular formula is C19H16ClN5O. The number of fused-ring (bicyclic) bond motifs is 1. The van der Waals surface area contributed by atoms with E-state index in [0.29, 0.717) is 11.0 Å². The summed E-state index contributed by atoms with van der Waals surface area (Å²) in [6.45, 7) is 1.43. The average molecular weight is 366 g/mol. The Bertz CT molecular complexity index is 979. The number of nitrogens with one attached hydrogen (secondary N) is 2. The third-order valence-electron chi connectivity index (χ3n) is 4.05. The molecule has 0 saturated heterocycles. The van der Waals surface area contributed by atoms with E-state index in [4.69, 9.17) is 11.6 Å². The van der Waals surface area contributed by atoms with Crippen LogP contribution in [0.4, 0.5) is 11.9 Å². The molecular weight excluding hydrogens is 350 g/mol. The van der Waals surface area contributed by atoms with Gasteiger partial charge in [-0.2, -0.15) is 4.98 Å². The molecule has 1 aromatic heterocycles. The van der Waals surface area contributed by atoms with Crippen LogP contribution in [0.5, 0.6) is 0 Å². The van der Waals surface area contributed by atoms with Crippen molar-refractivity contribution in [1.29, 1.82) is 0 Å². The molecule has 2 N–H and O–H groups in total. The average Bonchev–Trinajstić information content (AvgIpc) is 3.04. The van der Waals surface area contributed by atoms with Gasteiger partial charge in [-0.3, -0.25) is 10.1 Å². The Balaban J connectivity index is 1.80. The minimum Gasteiger partial charge on any atom is -0.324 e. The van der Waals surface area contributed by atoms with E-state index in [-0.39, 0.29) is 17.9 Å². The number of carbonyl (C=O) groups is 1. The van der Waals surface area contributed by atoms with Gasteiger partial charge in [0.15, 0.2) is 0 Å². The number of allylic oxidation sites excluding steroid dienone is 1. The summed E-state index contributed by atoms with van der Waals surface area (Å²) in [5.74, 6) is 0.615. The first-order valence-electron chi connectivity index (χ1n) is 8.14. The lowest BCUT2D eigenvalue weighted by Gasteiger charge is -2.24. The Morgan fingerprint density at radius 3 is 2.58 bits per heavy atom. The predicted octanol–water partition coefficient (Wildman–Crippen LogP) is 3.95. The summed E-state index contributed by atoms with van der Waals surface area (Å²) in [6.07, 6.45) is 2.08. The van der Waals surface area contributed by atoms with E-state index in [1.54, 1.807) is 4.68 Å². The molecule has 0 spiro atoms. The van der Waals surface area contributed by atoms with Crippen molar-refractivity contribution < 1.29 is 4.79 Å². The van der Waals surface area contributed by atoms with Gasteiger partial charge in [-0.25, -0.2) is 4.68 Å². The lowest BCUT2D eigenvalue weighted by molar-refractivity contribution is -0.114. The third-order valence-corrected chi connectivity index (χ3v) is 4.30. The zero-order chi connectivity index (χ0) is 18.1. The largest absolute Gasteiger partial charge is 0.324 e. The van der Waals surface area contributed by atoms with Crippen LogP contribution in [0.2, 0.25) is 5.02 Å². The summed E-state index contributed by atoms with van der Waals surface area (Å²) < 4.78 is 1.75. The Morgan fingerprint density at radius 2 is 1.88 bits per heavy atom. The minimum absolute atomic E-state index is 0.172. The maximum Gasteiger partial charge on any atom is 0.250 e. The summed E-state index contributed by atoms with van der Waals surface area (Å²) in [7, 11) is 0. The van der Waals surface area contributed by atoms with Gasteiger partial charge in [-0.15, -0.1) is 5.10 Å². The van der Waals surface area contributed by atoms with Crippen LogP contribution in [0.15, 0.2) is 60.7 Å². The van der Waals surface area contributed by atoms with Gasteiger partial charge in [0.05, 0.1) is 0 Å². The van der Waals surface area contributed by atoms with Gasteiger partial charge in [0, 0.05) is 17.6 Å². The molecule has 2 aromatic carbocycles. The first kappa shape index (κ1) is 16.4. The molecule has 1 aliphatic rings. The van der Waals surface area contributed by atoms with E-state index >= 15 is 0 Å². The molecule has 0 unspecified atom stereocenters. The summed E-state index contributed by atoms with van der Waals surface area (Å²) in [5, 5.41) is 11.0. The first-order valence-corrected chi connectivity index (χ1v) is 8.52. The third kappa shape index (κ3) is 3.19. The molecule has 1 atom stereocenters. The maximum absolute atomic E-state index is 11.4. The van der Waals surface area contributed by atoms with Gasteiger partial charge in [0.25, 0.3) is 5.95 Å². The topological polar surface area (TPSA) is 71.8 Å². The van der Waals surface area contributed by atoms with Crippen LogP contribution in [0, 0.1) is 0 Å². The van der Waals surface area contributed by atoms with E-state index < -0.39 is 0 Å². The highest BCUT2D eigenvalue weighted by Crippen LogP contribution is 2.33. The monoisotopic (exact) mass is 365 g/mol. The smallest absolute Gasteiger partial charge is 0.250 e. The number of benzene rings is 2. The second-order valence-corrected chi connectivity index (χ2v) is 6.39. The SMILES string of the molecule is CC(=O)Nc1nc2n(n1)[C@@H](c1ccc(Cl)cc1)C=C(c1ccccc1)N2. The van der Waals surface area contributed by atoms with Crippen molar-refractivity contribution in [2.45, 2.75) is 13.0 Å². The van der Waals surface area contributed by atoms with Crippen LogP contribution in [0.1, 0.15) is 24.1 Å². The molecule has 4 rings (SSSR count). The molecule has 26 heavy (non-hydrogen) atoms. The van der Waals surface area contributed by atoms with Crippen LogP contribution in [0.25, 0.3) is 5.70 Å². The van der Waals surface area contributed by atoms with Gasteiger partial charge < -0.3 is 5.32 Å². The molecule has 1 aliphatic heterocycles. The van der Waals surface area contributed by atoms with Crippen molar-refractivity contribution in [2.75, 3.05) is 10.6 Å². The van der Waals surface area contributed by atoms with Gasteiger partial charge in [-0.05, 0) is 29.3 Å². The highest BCUT2D eigenvalue weighted by Gasteiger charge is 2.25. The summed E-state index contributed by atoms with van der Waals surface area (Å²) in [5.41, 5.74) is 2.99. The number of nitrogens with zero attached hydrogens (tertiary/aromatic N) is 3.